The normalized spacial score (nSPS) is 24.1. The molecule has 0 spiro atoms. The van der Waals surface area contributed by atoms with Gasteiger partial charge in [-0.1, -0.05) is 24.3 Å². The van der Waals surface area contributed by atoms with E-state index in [4.69, 9.17) is 5.11 Å². The van der Waals surface area contributed by atoms with Crippen molar-refractivity contribution in [3.05, 3.63) is 35.4 Å². The van der Waals surface area contributed by atoms with Gasteiger partial charge in [-0.3, -0.25) is 0 Å². The van der Waals surface area contributed by atoms with Crippen molar-refractivity contribution >= 4 is 13.6 Å². The van der Waals surface area contributed by atoms with Crippen molar-refractivity contribution < 1.29 is 15.0 Å². The SMILES string of the molecule is O=C[B]N1CC[C@H](c2ccc(CO)cc2)[C@H]1CO. The summed E-state index contributed by atoms with van der Waals surface area (Å²) in [5, 5.41) is 18.5. The van der Waals surface area contributed by atoms with Crippen LogP contribution in [0.15, 0.2) is 24.3 Å². The fourth-order valence-corrected chi connectivity index (χ4v) is 2.63. The Balaban J connectivity index is 2.14. The summed E-state index contributed by atoms with van der Waals surface area (Å²) in [5.41, 5.74) is 2.03. The third-order valence-electron chi connectivity index (χ3n) is 3.62. The molecule has 2 rings (SSSR count). The molecular formula is C13H17BNO3. The Morgan fingerprint density at radius 1 is 1.33 bits per heavy atom. The minimum Gasteiger partial charge on any atom is -0.395 e. The summed E-state index contributed by atoms with van der Waals surface area (Å²) in [4.78, 5) is 12.4. The van der Waals surface area contributed by atoms with Gasteiger partial charge in [0.25, 0.3) is 7.41 Å². The van der Waals surface area contributed by atoms with Gasteiger partial charge in [-0.25, -0.2) is 0 Å². The first kappa shape index (κ1) is 13.3. The predicted octanol–water partition coefficient (Wildman–Crippen LogP) is 0.138. The number of carbonyl (C=O) groups excluding carboxylic acids is 1. The molecule has 1 aromatic carbocycles. The Bertz CT molecular complexity index is 396. The van der Waals surface area contributed by atoms with E-state index in [1.54, 1.807) is 0 Å². The van der Waals surface area contributed by atoms with Crippen LogP contribution in [0.2, 0.25) is 0 Å². The average Bonchev–Trinajstić information content (AvgIpc) is 2.82. The first-order chi connectivity index (χ1) is 8.80. The van der Waals surface area contributed by atoms with E-state index in [2.05, 4.69) is 0 Å². The molecule has 1 fully saturated rings. The Morgan fingerprint density at radius 3 is 2.61 bits per heavy atom. The van der Waals surface area contributed by atoms with Crippen LogP contribution in [-0.4, -0.2) is 47.8 Å². The summed E-state index contributed by atoms with van der Waals surface area (Å²) in [6.07, 6.45) is 1.69. The van der Waals surface area contributed by atoms with Gasteiger partial charge in [0, 0.05) is 12.0 Å². The smallest absolute Gasteiger partial charge is 0.293 e. The van der Waals surface area contributed by atoms with Gasteiger partial charge in [-0.2, -0.15) is 0 Å². The monoisotopic (exact) mass is 246 g/mol. The molecule has 2 N–H and O–H groups in total. The lowest BCUT2D eigenvalue weighted by Crippen LogP contribution is -2.38. The molecule has 0 unspecified atom stereocenters. The van der Waals surface area contributed by atoms with Gasteiger partial charge in [-0.15, -0.1) is 0 Å². The lowest BCUT2D eigenvalue weighted by Gasteiger charge is -2.25. The maximum atomic E-state index is 10.5. The molecule has 0 aliphatic carbocycles. The van der Waals surface area contributed by atoms with E-state index in [1.165, 1.54) is 7.41 Å². The van der Waals surface area contributed by atoms with Gasteiger partial charge in [0.15, 0.2) is 0 Å². The quantitative estimate of drug-likeness (QED) is 0.573. The number of rotatable bonds is 5. The second-order valence-electron chi connectivity index (χ2n) is 4.57. The highest BCUT2D eigenvalue weighted by atomic mass is 16.3. The molecule has 0 bridgehead atoms. The molecule has 1 aliphatic rings. The molecule has 2 atom stereocenters. The predicted molar refractivity (Wildman–Crippen MR) is 69.8 cm³/mol. The molecule has 0 aromatic heterocycles. The summed E-state index contributed by atoms with van der Waals surface area (Å²) < 4.78 is 0. The van der Waals surface area contributed by atoms with Crippen LogP contribution in [0.3, 0.4) is 0 Å². The van der Waals surface area contributed by atoms with Crippen molar-refractivity contribution in [2.75, 3.05) is 13.2 Å². The van der Waals surface area contributed by atoms with Gasteiger partial charge in [0.2, 0.25) is 0 Å². The molecule has 18 heavy (non-hydrogen) atoms. The molecule has 1 aliphatic heterocycles. The van der Waals surface area contributed by atoms with Crippen molar-refractivity contribution in [2.45, 2.75) is 25.0 Å². The lowest BCUT2D eigenvalue weighted by atomic mass is 9.88. The molecule has 4 nitrogen and oxygen atoms in total. The zero-order chi connectivity index (χ0) is 13.0. The molecule has 0 saturated carbocycles. The number of aliphatic hydroxyl groups is 2. The second-order valence-corrected chi connectivity index (χ2v) is 4.57. The topological polar surface area (TPSA) is 60.8 Å². The Kier molecular flexibility index (Phi) is 4.52. The van der Waals surface area contributed by atoms with Gasteiger partial charge < -0.3 is 19.8 Å². The number of nitrogens with zero attached hydrogens (tertiary/aromatic N) is 1. The third-order valence-corrected chi connectivity index (χ3v) is 3.62. The Labute approximate surface area is 107 Å². The fourth-order valence-electron chi connectivity index (χ4n) is 2.63. The van der Waals surface area contributed by atoms with E-state index in [9.17, 15) is 9.90 Å². The summed E-state index contributed by atoms with van der Waals surface area (Å²) in [5.74, 6) is 0.235. The number of benzene rings is 1. The highest BCUT2D eigenvalue weighted by Crippen LogP contribution is 2.32. The molecule has 1 saturated heterocycles. The lowest BCUT2D eigenvalue weighted by molar-refractivity contribution is 0.205. The van der Waals surface area contributed by atoms with Gasteiger partial charge in [-0.05, 0) is 24.1 Å². The van der Waals surface area contributed by atoms with E-state index in [-0.39, 0.29) is 25.2 Å². The van der Waals surface area contributed by atoms with Gasteiger partial charge >= 0.3 is 0 Å². The molecule has 1 heterocycles. The fraction of sp³-hybridized carbons (Fsp3) is 0.462. The van der Waals surface area contributed by atoms with Crippen molar-refractivity contribution in [3.63, 3.8) is 0 Å². The molecule has 95 valence electrons. The maximum absolute atomic E-state index is 10.5. The first-order valence-corrected chi connectivity index (χ1v) is 6.15. The number of hydrogen-bond acceptors (Lipinski definition) is 4. The van der Waals surface area contributed by atoms with Crippen LogP contribution in [0.5, 0.6) is 0 Å². The van der Waals surface area contributed by atoms with Crippen LogP contribution >= 0.6 is 0 Å². The summed E-state index contributed by atoms with van der Waals surface area (Å²) in [6, 6.07) is 7.74. The van der Waals surface area contributed by atoms with Crippen molar-refractivity contribution in [1.29, 1.82) is 0 Å². The van der Waals surface area contributed by atoms with Crippen molar-refractivity contribution in [1.82, 2.24) is 4.81 Å². The van der Waals surface area contributed by atoms with Gasteiger partial charge in [0.1, 0.15) is 0 Å². The summed E-state index contributed by atoms with van der Waals surface area (Å²) >= 11 is 0. The maximum Gasteiger partial charge on any atom is 0.293 e. The Hall–Kier alpha value is -1.17. The molecule has 5 heteroatoms. The summed E-state index contributed by atoms with van der Waals surface area (Å²) in [7, 11) is 1.50. The molecule has 1 aromatic rings. The first-order valence-electron chi connectivity index (χ1n) is 6.15. The van der Waals surface area contributed by atoms with Crippen LogP contribution in [0, 0.1) is 0 Å². The zero-order valence-corrected chi connectivity index (χ0v) is 10.2. The van der Waals surface area contributed by atoms with E-state index >= 15 is 0 Å². The number of aliphatic hydroxyl groups excluding tert-OH is 2. The van der Waals surface area contributed by atoms with E-state index in [1.807, 2.05) is 29.1 Å². The summed E-state index contributed by atoms with van der Waals surface area (Å²) in [6.45, 7) is 0.868. The third kappa shape index (κ3) is 2.63. The van der Waals surface area contributed by atoms with Crippen LogP contribution in [0.25, 0.3) is 0 Å². The zero-order valence-electron chi connectivity index (χ0n) is 10.2. The van der Waals surface area contributed by atoms with Crippen LogP contribution in [0.1, 0.15) is 23.5 Å². The number of hydrogen-bond donors (Lipinski definition) is 2. The molecule has 0 amide bonds. The standard InChI is InChI=1S/C13H17BNO3/c16-7-10-1-3-11(4-2-10)12-5-6-15(14-9-18)13(12)8-17/h1-4,9,12-13,16-17H,5-8H2/t12-,13-/m1/s1. The van der Waals surface area contributed by atoms with E-state index in [0.29, 0.717) is 0 Å². The van der Waals surface area contributed by atoms with Crippen LogP contribution in [0.4, 0.5) is 0 Å². The second kappa shape index (κ2) is 6.13. The molecule has 1 radical (unpaired) electrons. The van der Waals surface area contributed by atoms with Crippen molar-refractivity contribution in [2.24, 2.45) is 0 Å². The van der Waals surface area contributed by atoms with Crippen LogP contribution < -0.4 is 0 Å². The molecular weight excluding hydrogens is 229 g/mol. The minimum atomic E-state index is -0.0322. The van der Waals surface area contributed by atoms with Crippen molar-refractivity contribution in [3.8, 4) is 0 Å². The minimum absolute atomic E-state index is 0.0322. The highest BCUT2D eigenvalue weighted by Gasteiger charge is 2.34. The highest BCUT2D eigenvalue weighted by molar-refractivity contribution is 6.64. The Morgan fingerprint density at radius 2 is 2.06 bits per heavy atom. The largest absolute Gasteiger partial charge is 0.395 e. The van der Waals surface area contributed by atoms with Crippen LogP contribution in [-0.2, 0) is 11.4 Å². The van der Waals surface area contributed by atoms with E-state index < -0.39 is 0 Å². The van der Waals surface area contributed by atoms with Gasteiger partial charge in [0.05, 0.1) is 19.4 Å². The average molecular weight is 246 g/mol. The van der Waals surface area contributed by atoms with E-state index in [0.717, 1.165) is 30.3 Å². The number of carbonyl (C=O) groups is 1.